The number of halogens is 1. The van der Waals surface area contributed by atoms with Crippen molar-refractivity contribution < 1.29 is 23.5 Å². The van der Waals surface area contributed by atoms with Gasteiger partial charge >= 0.3 is 5.97 Å². The van der Waals surface area contributed by atoms with Crippen molar-refractivity contribution in [2.24, 2.45) is 0 Å². The molecule has 0 bridgehead atoms. The smallest absolute Gasteiger partial charge is 0.348 e. The molecule has 0 unspecified atom stereocenters. The molecule has 24 heavy (non-hydrogen) atoms. The number of nitrogens with one attached hydrogen (secondary N) is 1. The highest BCUT2D eigenvalue weighted by atomic mass is 32.1. The number of methoxy groups -OCH3 is 1. The van der Waals surface area contributed by atoms with Crippen molar-refractivity contribution in [1.82, 2.24) is 5.32 Å². The Hall–Kier alpha value is -2.41. The van der Waals surface area contributed by atoms with Gasteiger partial charge in [-0.2, -0.15) is 0 Å². The van der Waals surface area contributed by atoms with E-state index in [1.54, 1.807) is 24.3 Å². The van der Waals surface area contributed by atoms with E-state index in [1.807, 2.05) is 0 Å². The number of thiophene rings is 1. The van der Waals surface area contributed by atoms with E-state index < -0.39 is 5.97 Å². The summed E-state index contributed by atoms with van der Waals surface area (Å²) in [5.41, 5.74) is 0. The van der Waals surface area contributed by atoms with Crippen molar-refractivity contribution in [3.63, 3.8) is 0 Å². The highest BCUT2D eigenvalue weighted by Gasteiger charge is 2.13. The lowest BCUT2D eigenvalue weighted by Gasteiger charge is -2.06. The lowest BCUT2D eigenvalue weighted by atomic mass is 10.3. The SMILES string of the molecule is COC(=O)c1ccc(C(=O)NCCCCOc2ccc(F)cc2)s1. The van der Waals surface area contributed by atoms with Crippen LogP contribution in [0.3, 0.4) is 0 Å². The van der Waals surface area contributed by atoms with Gasteiger partial charge in [0.05, 0.1) is 18.6 Å². The maximum absolute atomic E-state index is 12.7. The van der Waals surface area contributed by atoms with Crippen LogP contribution in [0.15, 0.2) is 36.4 Å². The number of rotatable bonds is 8. The van der Waals surface area contributed by atoms with Crippen LogP contribution >= 0.6 is 11.3 Å². The zero-order valence-corrected chi connectivity index (χ0v) is 14.0. The van der Waals surface area contributed by atoms with Gasteiger partial charge in [0.25, 0.3) is 5.91 Å². The minimum absolute atomic E-state index is 0.213. The average molecular weight is 351 g/mol. The van der Waals surface area contributed by atoms with Crippen LogP contribution in [0, 0.1) is 5.82 Å². The van der Waals surface area contributed by atoms with Crippen molar-refractivity contribution in [2.45, 2.75) is 12.8 Å². The lowest BCUT2D eigenvalue weighted by Crippen LogP contribution is -2.23. The summed E-state index contributed by atoms with van der Waals surface area (Å²) in [4.78, 5) is 24.1. The Morgan fingerprint density at radius 3 is 2.50 bits per heavy atom. The first-order valence-electron chi connectivity index (χ1n) is 7.45. The van der Waals surface area contributed by atoms with E-state index in [9.17, 15) is 14.0 Å². The minimum Gasteiger partial charge on any atom is -0.494 e. The van der Waals surface area contributed by atoms with Gasteiger partial charge in [-0.05, 0) is 49.2 Å². The molecule has 5 nitrogen and oxygen atoms in total. The molecule has 2 rings (SSSR count). The summed E-state index contributed by atoms with van der Waals surface area (Å²) in [6.07, 6.45) is 1.51. The number of hydrogen-bond acceptors (Lipinski definition) is 5. The zero-order chi connectivity index (χ0) is 17.4. The standard InChI is InChI=1S/C17H18FNO4S/c1-22-17(21)15-9-8-14(24-15)16(20)19-10-2-3-11-23-13-6-4-12(18)5-7-13/h4-9H,2-3,10-11H2,1H3,(H,19,20). The first-order valence-corrected chi connectivity index (χ1v) is 8.26. The summed E-state index contributed by atoms with van der Waals surface area (Å²) in [7, 11) is 1.30. The molecule has 0 aliphatic carbocycles. The van der Waals surface area contributed by atoms with E-state index in [4.69, 9.17) is 4.74 Å². The molecule has 0 spiro atoms. The maximum atomic E-state index is 12.7. The second kappa shape index (κ2) is 9.02. The Morgan fingerprint density at radius 1 is 1.08 bits per heavy atom. The van der Waals surface area contributed by atoms with E-state index in [1.165, 1.54) is 19.2 Å². The molecule has 2 aromatic rings. The molecule has 1 N–H and O–H groups in total. The summed E-state index contributed by atoms with van der Waals surface area (Å²) in [5, 5.41) is 2.79. The van der Waals surface area contributed by atoms with E-state index >= 15 is 0 Å². The molecular weight excluding hydrogens is 333 g/mol. The third-order valence-corrected chi connectivity index (χ3v) is 4.22. The molecule has 1 aromatic heterocycles. The predicted octanol–water partition coefficient (Wildman–Crippen LogP) is 3.26. The highest BCUT2D eigenvalue weighted by Crippen LogP contribution is 2.17. The molecule has 0 radical (unpaired) electrons. The van der Waals surface area contributed by atoms with Gasteiger partial charge in [-0.1, -0.05) is 0 Å². The van der Waals surface area contributed by atoms with Crippen LogP contribution in [0.25, 0.3) is 0 Å². The van der Waals surface area contributed by atoms with Gasteiger partial charge < -0.3 is 14.8 Å². The number of amides is 1. The number of benzene rings is 1. The van der Waals surface area contributed by atoms with Crippen molar-refractivity contribution in [2.75, 3.05) is 20.3 Å². The summed E-state index contributed by atoms with van der Waals surface area (Å²) in [6, 6.07) is 9.02. The van der Waals surface area contributed by atoms with Gasteiger partial charge in [-0.25, -0.2) is 9.18 Å². The molecule has 0 saturated heterocycles. The van der Waals surface area contributed by atoms with Gasteiger partial charge in [0.2, 0.25) is 0 Å². The third-order valence-electron chi connectivity index (χ3n) is 3.16. The monoisotopic (exact) mass is 351 g/mol. The largest absolute Gasteiger partial charge is 0.494 e. The average Bonchev–Trinajstić information content (AvgIpc) is 3.09. The topological polar surface area (TPSA) is 64.6 Å². The number of hydrogen-bond donors (Lipinski definition) is 1. The number of unbranched alkanes of at least 4 members (excludes halogenated alkanes) is 1. The molecule has 0 saturated carbocycles. The summed E-state index contributed by atoms with van der Waals surface area (Å²) in [6.45, 7) is 1.00. The molecule has 0 atom stereocenters. The quantitative estimate of drug-likeness (QED) is 0.586. The zero-order valence-electron chi connectivity index (χ0n) is 13.2. The number of esters is 1. The van der Waals surface area contributed by atoms with E-state index in [0.29, 0.717) is 28.7 Å². The molecule has 0 aliphatic rings. The van der Waals surface area contributed by atoms with E-state index in [2.05, 4.69) is 10.1 Å². The van der Waals surface area contributed by atoms with Gasteiger partial charge in [0.1, 0.15) is 16.4 Å². The van der Waals surface area contributed by atoms with Crippen LogP contribution in [0.4, 0.5) is 4.39 Å². The Balaban J connectivity index is 1.63. The minimum atomic E-state index is -0.447. The first-order chi connectivity index (χ1) is 11.6. The third kappa shape index (κ3) is 5.34. The lowest BCUT2D eigenvalue weighted by molar-refractivity contribution is 0.0606. The van der Waals surface area contributed by atoms with Crippen molar-refractivity contribution in [3.8, 4) is 5.75 Å². The molecule has 1 amide bonds. The summed E-state index contributed by atoms with van der Waals surface area (Å²) in [5.74, 6) is -0.338. The molecule has 128 valence electrons. The second-order valence-corrected chi connectivity index (χ2v) is 6.00. The fraction of sp³-hybridized carbons (Fsp3) is 0.294. The van der Waals surface area contributed by atoms with Crippen LogP contribution < -0.4 is 10.1 Å². The normalized spacial score (nSPS) is 10.2. The first kappa shape index (κ1) is 17.9. The molecule has 1 heterocycles. The van der Waals surface area contributed by atoms with Crippen molar-refractivity contribution in [3.05, 3.63) is 52.0 Å². The van der Waals surface area contributed by atoms with Crippen LogP contribution in [0.5, 0.6) is 5.75 Å². The van der Waals surface area contributed by atoms with Crippen molar-refractivity contribution >= 4 is 23.2 Å². The molecule has 1 aromatic carbocycles. The Morgan fingerprint density at radius 2 is 1.79 bits per heavy atom. The predicted molar refractivity (Wildman–Crippen MR) is 89.1 cm³/mol. The van der Waals surface area contributed by atoms with Gasteiger partial charge in [0, 0.05) is 6.54 Å². The molecular formula is C17H18FNO4S. The molecule has 0 aliphatic heterocycles. The number of carbonyl (C=O) groups is 2. The van der Waals surface area contributed by atoms with Crippen LogP contribution in [0.1, 0.15) is 32.2 Å². The maximum Gasteiger partial charge on any atom is 0.348 e. The van der Waals surface area contributed by atoms with Crippen LogP contribution in [-0.4, -0.2) is 32.1 Å². The van der Waals surface area contributed by atoms with Crippen molar-refractivity contribution in [1.29, 1.82) is 0 Å². The Kier molecular flexibility index (Phi) is 6.74. The van der Waals surface area contributed by atoms with E-state index in [-0.39, 0.29) is 11.7 Å². The highest BCUT2D eigenvalue weighted by molar-refractivity contribution is 7.15. The fourth-order valence-corrected chi connectivity index (χ4v) is 2.75. The van der Waals surface area contributed by atoms with Crippen LogP contribution in [-0.2, 0) is 4.74 Å². The van der Waals surface area contributed by atoms with Gasteiger partial charge in [-0.15, -0.1) is 11.3 Å². The second-order valence-electron chi connectivity index (χ2n) is 4.92. The van der Waals surface area contributed by atoms with E-state index in [0.717, 1.165) is 24.2 Å². The van der Waals surface area contributed by atoms with Gasteiger partial charge in [0.15, 0.2) is 0 Å². The Labute approximate surface area is 143 Å². The summed E-state index contributed by atoms with van der Waals surface area (Å²) >= 11 is 1.10. The van der Waals surface area contributed by atoms with Crippen LogP contribution in [0.2, 0.25) is 0 Å². The number of ether oxygens (including phenoxy) is 2. The molecule has 0 fully saturated rings. The Bertz CT molecular complexity index is 684. The molecule has 7 heteroatoms. The van der Waals surface area contributed by atoms with Gasteiger partial charge in [-0.3, -0.25) is 4.79 Å². The fourth-order valence-electron chi connectivity index (χ4n) is 1.91. The summed E-state index contributed by atoms with van der Waals surface area (Å²) < 4.78 is 22.8. The number of carbonyl (C=O) groups excluding carboxylic acids is 2.